The van der Waals surface area contributed by atoms with Gasteiger partial charge in [-0.05, 0) is 36.4 Å². The van der Waals surface area contributed by atoms with Crippen molar-refractivity contribution in [2.45, 2.75) is 0 Å². The first kappa shape index (κ1) is 19.0. The molecule has 4 rings (SSSR count). The summed E-state index contributed by atoms with van der Waals surface area (Å²) >= 11 is 0. The van der Waals surface area contributed by atoms with Crippen molar-refractivity contribution >= 4 is 22.8 Å². The van der Waals surface area contributed by atoms with Crippen LogP contribution in [0.5, 0.6) is 0 Å². The minimum Gasteiger partial charge on any atom is -0.452 e. The Bertz CT molecular complexity index is 1050. The standard InChI is InChI=1S/C22H19FN2O4/c23-16-7-5-15(6-8-16)20-13-18(17-3-1-2-4-19(17)24-20)22(27)29-14-21(26)25-9-11-28-12-10-25/h1-8,13H,9-12,14H2. The molecule has 7 heteroatoms. The number of amides is 1. The Hall–Kier alpha value is -3.32. The van der Waals surface area contributed by atoms with Gasteiger partial charge in [0, 0.05) is 24.0 Å². The fourth-order valence-electron chi connectivity index (χ4n) is 3.22. The van der Waals surface area contributed by atoms with Crippen LogP contribution < -0.4 is 0 Å². The fraction of sp³-hybridized carbons (Fsp3) is 0.227. The van der Waals surface area contributed by atoms with E-state index in [4.69, 9.17) is 9.47 Å². The third-order valence-electron chi connectivity index (χ3n) is 4.77. The molecule has 0 saturated carbocycles. The van der Waals surface area contributed by atoms with Crippen molar-refractivity contribution in [2.75, 3.05) is 32.9 Å². The molecule has 0 aliphatic carbocycles. The summed E-state index contributed by atoms with van der Waals surface area (Å²) in [7, 11) is 0. The lowest BCUT2D eigenvalue weighted by atomic mass is 10.0. The van der Waals surface area contributed by atoms with Crippen molar-refractivity contribution in [3.05, 3.63) is 66.0 Å². The highest BCUT2D eigenvalue weighted by atomic mass is 19.1. The number of para-hydroxylation sites is 1. The molecule has 148 valence electrons. The van der Waals surface area contributed by atoms with Crippen molar-refractivity contribution in [2.24, 2.45) is 0 Å². The highest BCUT2D eigenvalue weighted by molar-refractivity contribution is 6.05. The number of ether oxygens (including phenoxy) is 2. The maximum absolute atomic E-state index is 13.3. The van der Waals surface area contributed by atoms with Gasteiger partial charge in [-0.1, -0.05) is 18.2 Å². The van der Waals surface area contributed by atoms with Crippen molar-refractivity contribution in [3.8, 4) is 11.3 Å². The van der Waals surface area contributed by atoms with Gasteiger partial charge in [-0.3, -0.25) is 4.79 Å². The number of morpholine rings is 1. The molecule has 0 N–H and O–H groups in total. The van der Waals surface area contributed by atoms with Crippen molar-refractivity contribution in [1.82, 2.24) is 9.88 Å². The van der Waals surface area contributed by atoms with Crippen LogP contribution in [0, 0.1) is 5.82 Å². The molecular formula is C22H19FN2O4. The summed E-state index contributed by atoms with van der Waals surface area (Å²) in [5.74, 6) is -1.21. The topological polar surface area (TPSA) is 68.7 Å². The van der Waals surface area contributed by atoms with Gasteiger partial charge in [-0.2, -0.15) is 0 Å². The van der Waals surface area contributed by atoms with E-state index in [2.05, 4.69) is 4.98 Å². The summed E-state index contributed by atoms with van der Waals surface area (Å²) in [5.41, 5.74) is 2.12. The van der Waals surface area contributed by atoms with Gasteiger partial charge in [-0.25, -0.2) is 14.2 Å². The summed E-state index contributed by atoms with van der Waals surface area (Å²) in [4.78, 5) is 31.2. The number of esters is 1. The first-order valence-corrected chi connectivity index (χ1v) is 9.30. The highest BCUT2D eigenvalue weighted by Gasteiger charge is 2.20. The minimum absolute atomic E-state index is 0.251. The van der Waals surface area contributed by atoms with Gasteiger partial charge in [0.2, 0.25) is 0 Å². The molecule has 29 heavy (non-hydrogen) atoms. The Morgan fingerprint density at radius 3 is 2.55 bits per heavy atom. The molecule has 0 radical (unpaired) electrons. The van der Waals surface area contributed by atoms with Crippen LogP contribution in [0.2, 0.25) is 0 Å². The number of aromatic nitrogens is 1. The second kappa shape index (κ2) is 8.36. The molecule has 1 aliphatic heterocycles. The lowest BCUT2D eigenvalue weighted by molar-refractivity contribution is -0.138. The van der Waals surface area contributed by atoms with Gasteiger partial charge >= 0.3 is 5.97 Å². The van der Waals surface area contributed by atoms with Gasteiger partial charge in [0.05, 0.1) is 30.0 Å². The Labute approximate surface area is 166 Å². The summed E-state index contributed by atoms with van der Waals surface area (Å²) in [5, 5.41) is 0.627. The molecule has 3 aromatic rings. The zero-order valence-corrected chi connectivity index (χ0v) is 15.6. The molecule has 2 aromatic carbocycles. The SMILES string of the molecule is O=C(OCC(=O)N1CCOCC1)c1cc(-c2ccc(F)cc2)nc2ccccc12. The first-order valence-electron chi connectivity index (χ1n) is 9.30. The summed E-state index contributed by atoms with van der Waals surface area (Å²) < 4.78 is 23.8. The number of halogens is 1. The van der Waals surface area contributed by atoms with Gasteiger partial charge in [0.25, 0.3) is 5.91 Å². The molecule has 0 spiro atoms. The predicted octanol–water partition coefficient (Wildman–Crippen LogP) is 3.06. The number of rotatable bonds is 4. The fourth-order valence-corrected chi connectivity index (χ4v) is 3.22. The number of nitrogens with zero attached hydrogens (tertiary/aromatic N) is 2. The molecule has 1 aromatic heterocycles. The van der Waals surface area contributed by atoms with Crippen molar-refractivity contribution in [3.63, 3.8) is 0 Å². The molecule has 1 aliphatic rings. The van der Waals surface area contributed by atoms with E-state index in [1.54, 1.807) is 41.3 Å². The second-order valence-corrected chi connectivity index (χ2v) is 6.65. The zero-order valence-electron chi connectivity index (χ0n) is 15.6. The number of hydrogen-bond acceptors (Lipinski definition) is 5. The minimum atomic E-state index is -0.603. The number of carbonyl (C=O) groups is 2. The maximum Gasteiger partial charge on any atom is 0.339 e. The number of carbonyl (C=O) groups excluding carboxylic acids is 2. The smallest absolute Gasteiger partial charge is 0.339 e. The van der Waals surface area contributed by atoms with Crippen molar-refractivity contribution in [1.29, 1.82) is 0 Å². The van der Waals surface area contributed by atoms with Crippen LogP contribution in [-0.4, -0.2) is 54.7 Å². The highest BCUT2D eigenvalue weighted by Crippen LogP contribution is 2.25. The van der Waals surface area contributed by atoms with E-state index in [0.717, 1.165) is 0 Å². The van der Waals surface area contributed by atoms with Crippen LogP contribution in [0.15, 0.2) is 54.6 Å². The maximum atomic E-state index is 13.3. The summed E-state index contributed by atoms with van der Waals surface area (Å²) in [6.45, 7) is 1.61. The molecule has 2 heterocycles. The van der Waals surface area contributed by atoms with Crippen LogP contribution in [0.4, 0.5) is 4.39 Å². The monoisotopic (exact) mass is 394 g/mol. The number of benzene rings is 2. The summed E-state index contributed by atoms with van der Waals surface area (Å²) in [6.07, 6.45) is 0. The van der Waals surface area contributed by atoms with Crippen molar-refractivity contribution < 1.29 is 23.5 Å². The number of fused-ring (bicyclic) bond motifs is 1. The molecule has 1 fully saturated rings. The predicted molar refractivity (Wildman–Crippen MR) is 105 cm³/mol. The molecular weight excluding hydrogens is 375 g/mol. The average Bonchev–Trinajstić information content (AvgIpc) is 2.77. The molecule has 6 nitrogen and oxygen atoms in total. The quantitative estimate of drug-likeness (QED) is 0.636. The van der Waals surface area contributed by atoms with Gasteiger partial charge in [0.15, 0.2) is 6.61 Å². The largest absolute Gasteiger partial charge is 0.452 e. The van der Waals surface area contributed by atoms with E-state index in [1.165, 1.54) is 12.1 Å². The molecule has 1 amide bonds. The van der Waals surface area contributed by atoms with Crippen LogP contribution in [0.25, 0.3) is 22.2 Å². The second-order valence-electron chi connectivity index (χ2n) is 6.65. The number of hydrogen-bond donors (Lipinski definition) is 0. The van der Waals surface area contributed by atoms with E-state index in [1.807, 2.05) is 6.07 Å². The van der Waals surface area contributed by atoms with E-state index in [0.29, 0.717) is 54.0 Å². The van der Waals surface area contributed by atoms with Crippen LogP contribution >= 0.6 is 0 Å². The average molecular weight is 394 g/mol. The van der Waals surface area contributed by atoms with Crippen LogP contribution in [-0.2, 0) is 14.3 Å². The Morgan fingerprint density at radius 1 is 1.07 bits per heavy atom. The van der Waals surface area contributed by atoms with Gasteiger partial charge < -0.3 is 14.4 Å². The summed E-state index contributed by atoms with van der Waals surface area (Å²) in [6, 6.07) is 14.7. The lowest BCUT2D eigenvalue weighted by Crippen LogP contribution is -2.42. The Morgan fingerprint density at radius 2 is 1.79 bits per heavy atom. The molecule has 0 unspecified atom stereocenters. The first-order chi connectivity index (χ1) is 14.1. The van der Waals surface area contributed by atoms with Gasteiger partial charge in [0.1, 0.15) is 5.82 Å². The van der Waals surface area contributed by atoms with Gasteiger partial charge in [-0.15, -0.1) is 0 Å². The van der Waals surface area contributed by atoms with E-state index in [9.17, 15) is 14.0 Å². The Kier molecular flexibility index (Phi) is 5.48. The van der Waals surface area contributed by atoms with E-state index < -0.39 is 5.97 Å². The zero-order chi connectivity index (χ0) is 20.2. The van der Waals surface area contributed by atoms with E-state index in [-0.39, 0.29) is 18.3 Å². The normalized spacial score (nSPS) is 14.0. The van der Waals surface area contributed by atoms with E-state index >= 15 is 0 Å². The third-order valence-corrected chi connectivity index (χ3v) is 4.77. The lowest BCUT2D eigenvalue weighted by Gasteiger charge is -2.26. The number of pyridine rings is 1. The molecule has 0 bridgehead atoms. The molecule has 0 atom stereocenters. The van der Waals surface area contributed by atoms with Crippen LogP contribution in [0.1, 0.15) is 10.4 Å². The molecule has 1 saturated heterocycles. The Balaban J connectivity index is 1.60. The third kappa shape index (κ3) is 4.25. The van der Waals surface area contributed by atoms with Crippen LogP contribution in [0.3, 0.4) is 0 Å².